The molecule has 0 aliphatic carbocycles. The Morgan fingerprint density at radius 3 is 2.81 bits per heavy atom. The minimum Gasteiger partial charge on any atom is -0.465 e. The maximum Gasteiger partial charge on any atom is 0.405 e. The number of carbonyl (C=O) groups is 3. The van der Waals surface area contributed by atoms with Crippen molar-refractivity contribution in [1.29, 1.82) is 0 Å². The summed E-state index contributed by atoms with van der Waals surface area (Å²) in [7, 11) is 0. The highest BCUT2D eigenvalue weighted by Crippen LogP contribution is 2.21. The second kappa shape index (κ2) is 6.25. The lowest BCUT2D eigenvalue weighted by Gasteiger charge is -2.18. The van der Waals surface area contributed by atoms with Gasteiger partial charge >= 0.3 is 6.09 Å². The van der Waals surface area contributed by atoms with Crippen molar-refractivity contribution in [2.45, 2.75) is 31.8 Å². The van der Waals surface area contributed by atoms with Crippen LogP contribution in [-0.2, 0) is 16.0 Å². The Balaban J connectivity index is 2.01. The van der Waals surface area contributed by atoms with Crippen LogP contribution in [0.4, 0.5) is 10.5 Å². The van der Waals surface area contributed by atoms with Gasteiger partial charge in [0, 0.05) is 5.69 Å². The maximum absolute atomic E-state index is 12.1. The predicted molar refractivity (Wildman–Crippen MR) is 75.9 cm³/mol. The Morgan fingerprint density at radius 1 is 1.38 bits per heavy atom. The Labute approximate surface area is 121 Å². The monoisotopic (exact) mass is 291 g/mol. The second-order valence-electron chi connectivity index (χ2n) is 4.92. The topological polar surface area (TPSA) is 108 Å². The van der Waals surface area contributed by atoms with Crippen LogP contribution >= 0.6 is 0 Å². The molecule has 1 heterocycles. The normalized spacial score (nSPS) is 18.7. The second-order valence-corrected chi connectivity index (χ2v) is 4.92. The number of anilines is 1. The van der Waals surface area contributed by atoms with Gasteiger partial charge < -0.3 is 21.1 Å². The van der Waals surface area contributed by atoms with Gasteiger partial charge in [-0.15, -0.1) is 0 Å². The van der Waals surface area contributed by atoms with Gasteiger partial charge in [-0.2, -0.15) is 0 Å². The van der Waals surface area contributed by atoms with Gasteiger partial charge in [0.25, 0.3) is 0 Å². The molecule has 21 heavy (non-hydrogen) atoms. The standard InChI is InChI=1S/C14H17N3O4/c1-8(15-14(20)21)12(18)17-11-7-6-9-4-2-3-5-10(9)16-13(11)19/h2-5,8,11,15H,6-7H2,1H3,(H,16,19)(H,17,18)(H,20,21). The van der Waals surface area contributed by atoms with Gasteiger partial charge in [-0.05, 0) is 31.4 Å². The van der Waals surface area contributed by atoms with E-state index in [1.165, 1.54) is 6.92 Å². The van der Waals surface area contributed by atoms with Crippen molar-refractivity contribution in [3.63, 3.8) is 0 Å². The third-order valence-corrected chi connectivity index (χ3v) is 3.34. The average Bonchev–Trinajstić information content (AvgIpc) is 2.58. The molecule has 2 atom stereocenters. The first kappa shape index (κ1) is 14.8. The smallest absolute Gasteiger partial charge is 0.405 e. The first-order chi connectivity index (χ1) is 9.97. The lowest BCUT2D eigenvalue weighted by molar-refractivity contribution is -0.127. The number of para-hydroxylation sites is 1. The predicted octanol–water partition coefficient (Wildman–Crippen LogP) is 0.712. The van der Waals surface area contributed by atoms with Gasteiger partial charge in [0.2, 0.25) is 11.8 Å². The SMILES string of the molecule is CC(NC(=O)O)C(=O)NC1CCc2ccccc2NC1=O. The zero-order chi connectivity index (χ0) is 15.4. The van der Waals surface area contributed by atoms with E-state index < -0.39 is 24.1 Å². The van der Waals surface area contributed by atoms with Crippen molar-refractivity contribution < 1.29 is 19.5 Å². The van der Waals surface area contributed by atoms with E-state index in [1.54, 1.807) is 0 Å². The van der Waals surface area contributed by atoms with E-state index in [4.69, 9.17) is 5.11 Å². The Hall–Kier alpha value is -2.57. The Morgan fingerprint density at radius 2 is 2.10 bits per heavy atom. The number of nitrogens with one attached hydrogen (secondary N) is 3. The molecule has 0 saturated heterocycles. The molecule has 112 valence electrons. The van der Waals surface area contributed by atoms with E-state index >= 15 is 0 Å². The van der Waals surface area contributed by atoms with E-state index in [9.17, 15) is 14.4 Å². The zero-order valence-electron chi connectivity index (χ0n) is 11.6. The van der Waals surface area contributed by atoms with Gasteiger partial charge in [0.05, 0.1) is 0 Å². The molecular formula is C14H17N3O4. The number of carbonyl (C=O) groups excluding carboxylic acids is 2. The van der Waals surface area contributed by atoms with Gasteiger partial charge in [-0.3, -0.25) is 9.59 Å². The molecule has 1 aromatic rings. The molecule has 0 bridgehead atoms. The summed E-state index contributed by atoms with van der Waals surface area (Å²) in [4.78, 5) is 34.5. The fraction of sp³-hybridized carbons (Fsp3) is 0.357. The van der Waals surface area contributed by atoms with Crippen LogP contribution in [0.2, 0.25) is 0 Å². The summed E-state index contributed by atoms with van der Waals surface area (Å²) in [6.07, 6.45) is -0.162. The summed E-state index contributed by atoms with van der Waals surface area (Å²) in [6.45, 7) is 1.42. The molecule has 1 aromatic carbocycles. The van der Waals surface area contributed by atoms with Crippen molar-refractivity contribution in [3.8, 4) is 0 Å². The molecule has 0 fully saturated rings. The molecule has 7 heteroatoms. The highest BCUT2D eigenvalue weighted by atomic mass is 16.4. The van der Waals surface area contributed by atoms with E-state index in [2.05, 4.69) is 16.0 Å². The molecule has 0 saturated carbocycles. The number of aryl methyl sites for hydroxylation is 1. The van der Waals surface area contributed by atoms with Crippen molar-refractivity contribution in [2.24, 2.45) is 0 Å². The number of amides is 3. The first-order valence-electron chi connectivity index (χ1n) is 6.66. The van der Waals surface area contributed by atoms with Crippen molar-refractivity contribution in [2.75, 3.05) is 5.32 Å². The highest BCUT2D eigenvalue weighted by molar-refractivity contribution is 5.99. The van der Waals surface area contributed by atoms with E-state index in [0.29, 0.717) is 12.8 Å². The van der Waals surface area contributed by atoms with Crippen LogP contribution in [0.15, 0.2) is 24.3 Å². The molecule has 0 aromatic heterocycles. The Bertz CT molecular complexity index is 573. The van der Waals surface area contributed by atoms with Crippen LogP contribution in [0.25, 0.3) is 0 Å². The number of hydrogen-bond acceptors (Lipinski definition) is 3. The van der Waals surface area contributed by atoms with Crippen molar-refractivity contribution in [1.82, 2.24) is 10.6 Å². The van der Waals surface area contributed by atoms with Crippen LogP contribution in [0, 0.1) is 0 Å². The molecule has 7 nitrogen and oxygen atoms in total. The summed E-state index contributed by atoms with van der Waals surface area (Å²) in [5, 5.41) is 16.0. The third-order valence-electron chi connectivity index (χ3n) is 3.34. The number of hydrogen-bond donors (Lipinski definition) is 4. The quantitative estimate of drug-likeness (QED) is 0.658. The summed E-state index contributed by atoms with van der Waals surface area (Å²) < 4.78 is 0. The van der Waals surface area contributed by atoms with Gasteiger partial charge in [0.15, 0.2) is 0 Å². The van der Waals surface area contributed by atoms with E-state index in [1.807, 2.05) is 24.3 Å². The fourth-order valence-corrected chi connectivity index (χ4v) is 2.20. The average molecular weight is 291 g/mol. The van der Waals surface area contributed by atoms with E-state index in [-0.39, 0.29) is 5.91 Å². The van der Waals surface area contributed by atoms with Gasteiger partial charge in [0.1, 0.15) is 12.1 Å². The zero-order valence-corrected chi connectivity index (χ0v) is 11.6. The molecule has 4 N–H and O–H groups in total. The largest absolute Gasteiger partial charge is 0.465 e. The molecule has 2 unspecified atom stereocenters. The number of fused-ring (bicyclic) bond motifs is 1. The maximum atomic E-state index is 12.1. The molecule has 3 amide bonds. The summed E-state index contributed by atoms with van der Waals surface area (Å²) in [6, 6.07) is 5.86. The summed E-state index contributed by atoms with van der Waals surface area (Å²) in [5.74, 6) is -0.820. The molecule has 1 aliphatic heterocycles. The first-order valence-corrected chi connectivity index (χ1v) is 6.66. The van der Waals surface area contributed by atoms with E-state index in [0.717, 1.165) is 11.3 Å². The van der Waals surface area contributed by atoms with Gasteiger partial charge in [-0.25, -0.2) is 4.79 Å². The van der Waals surface area contributed by atoms with Gasteiger partial charge in [-0.1, -0.05) is 18.2 Å². The lowest BCUT2D eigenvalue weighted by atomic mass is 10.1. The van der Waals surface area contributed by atoms with Crippen LogP contribution in [0.3, 0.4) is 0 Å². The van der Waals surface area contributed by atoms with Crippen molar-refractivity contribution in [3.05, 3.63) is 29.8 Å². The van der Waals surface area contributed by atoms with Crippen molar-refractivity contribution >= 4 is 23.6 Å². The van der Waals surface area contributed by atoms with Crippen LogP contribution in [-0.4, -0.2) is 35.1 Å². The van der Waals surface area contributed by atoms with Crippen LogP contribution < -0.4 is 16.0 Å². The molecule has 0 spiro atoms. The lowest BCUT2D eigenvalue weighted by Crippen LogP contribution is -2.51. The highest BCUT2D eigenvalue weighted by Gasteiger charge is 2.26. The number of carboxylic acid groups (broad SMARTS) is 1. The molecule has 2 rings (SSSR count). The summed E-state index contributed by atoms with van der Waals surface area (Å²) >= 11 is 0. The molecule has 1 aliphatic rings. The number of rotatable bonds is 3. The fourth-order valence-electron chi connectivity index (χ4n) is 2.20. The minimum atomic E-state index is -1.28. The van der Waals surface area contributed by atoms with Crippen LogP contribution in [0.1, 0.15) is 18.9 Å². The summed E-state index contributed by atoms with van der Waals surface area (Å²) in [5.41, 5.74) is 1.76. The number of benzene rings is 1. The Kier molecular flexibility index (Phi) is 4.42. The van der Waals surface area contributed by atoms with Crippen LogP contribution in [0.5, 0.6) is 0 Å². The molecule has 0 radical (unpaired) electrons. The molecular weight excluding hydrogens is 274 g/mol. The third kappa shape index (κ3) is 3.71. The minimum absolute atomic E-state index is 0.296.